The Morgan fingerprint density at radius 1 is 0.714 bits per heavy atom. The molecule has 144 valence electrons. The number of ether oxygens (including phenoxy) is 1. The van der Waals surface area contributed by atoms with E-state index < -0.39 is 13.3 Å². The van der Waals surface area contributed by atoms with E-state index in [0.29, 0.717) is 17.8 Å². The van der Waals surface area contributed by atoms with Gasteiger partial charge >= 0.3 is 172 Å². The molecule has 2 atom stereocenters. The second-order valence-electron chi connectivity index (χ2n) is 8.41. The molecule has 1 saturated heterocycles. The maximum absolute atomic E-state index is 6.01. The van der Waals surface area contributed by atoms with Gasteiger partial charge in [-0.25, -0.2) is 0 Å². The van der Waals surface area contributed by atoms with Gasteiger partial charge in [0.15, 0.2) is 0 Å². The van der Waals surface area contributed by atoms with Crippen molar-refractivity contribution in [1.29, 1.82) is 0 Å². The molecule has 3 aromatic rings. The molecule has 1 aliphatic rings. The monoisotopic (exact) mass is 432 g/mol. The second kappa shape index (κ2) is 8.67. The zero-order valence-corrected chi connectivity index (χ0v) is 19.0. The Balaban J connectivity index is 1.91. The standard InChI is InChI=1S/C26H30GeO/c1-21(2)26-20-28-19-22(26)18-27(23-12-6-3-7-13-23,24-14-8-4-9-15-24)25-16-10-5-11-17-25/h3-17,21-22,26H,18-20H2,1-2H3/t22-,26-/m1/s1. The Hall–Kier alpha value is -1.84. The average Bonchev–Trinajstić information content (AvgIpc) is 3.22. The minimum atomic E-state index is -2.85. The van der Waals surface area contributed by atoms with Crippen molar-refractivity contribution in [3.63, 3.8) is 0 Å². The number of hydrogen-bond acceptors (Lipinski definition) is 1. The van der Waals surface area contributed by atoms with Crippen LogP contribution in [-0.4, -0.2) is 26.5 Å². The fourth-order valence-corrected chi connectivity index (χ4v) is 15.9. The van der Waals surface area contributed by atoms with Gasteiger partial charge in [-0.1, -0.05) is 0 Å². The molecule has 0 unspecified atom stereocenters. The van der Waals surface area contributed by atoms with Gasteiger partial charge in [-0.15, -0.1) is 0 Å². The molecule has 0 bridgehead atoms. The van der Waals surface area contributed by atoms with Crippen molar-refractivity contribution in [2.45, 2.75) is 19.1 Å². The summed E-state index contributed by atoms with van der Waals surface area (Å²) < 4.78 is 10.7. The molecule has 1 fully saturated rings. The van der Waals surface area contributed by atoms with E-state index in [1.807, 2.05) is 0 Å². The molecule has 0 amide bonds. The van der Waals surface area contributed by atoms with Crippen LogP contribution in [0.1, 0.15) is 13.8 Å². The van der Waals surface area contributed by atoms with Crippen LogP contribution in [0.2, 0.25) is 5.25 Å². The zero-order chi connectivity index (χ0) is 19.4. The van der Waals surface area contributed by atoms with Crippen LogP contribution in [0.15, 0.2) is 91.0 Å². The van der Waals surface area contributed by atoms with Crippen LogP contribution in [0.3, 0.4) is 0 Å². The summed E-state index contributed by atoms with van der Waals surface area (Å²) in [5.41, 5.74) is 0. The van der Waals surface area contributed by atoms with Gasteiger partial charge in [-0.2, -0.15) is 0 Å². The summed E-state index contributed by atoms with van der Waals surface area (Å²) in [7, 11) is 0. The van der Waals surface area contributed by atoms with Crippen molar-refractivity contribution < 1.29 is 4.74 Å². The van der Waals surface area contributed by atoms with E-state index in [9.17, 15) is 0 Å². The summed E-state index contributed by atoms with van der Waals surface area (Å²) in [4.78, 5) is 0. The normalized spacial score (nSPS) is 19.8. The zero-order valence-electron chi connectivity index (χ0n) is 16.9. The molecule has 1 aliphatic heterocycles. The summed E-state index contributed by atoms with van der Waals surface area (Å²) in [6, 6.07) is 34.0. The van der Waals surface area contributed by atoms with Crippen molar-refractivity contribution in [1.82, 2.24) is 0 Å². The van der Waals surface area contributed by atoms with Crippen LogP contribution in [0.4, 0.5) is 0 Å². The van der Waals surface area contributed by atoms with E-state index in [1.165, 1.54) is 5.25 Å². The summed E-state index contributed by atoms with van der Waals surface area (Å²) in [6.07, 6.45) is 0. The minimum absolute atomic E-state index is 0.626. The van der Waals surface area contributed by atoms with Gasteiger partial charge in [0, 0.05) is 0 Å². The van der Waals surface area contributed by atoms with Crippen molar-refractivity contribution in [3.8, 4) is 0 Å². The molecule has 0 spiro atoms. The molecule has 28 heavy (non-hydrogen) atoms. The quantitative estimate of drug-likeness (QED) is 0.535. The van der Waals surface area contributed by atoms with Crippen LogP contribution in [-0.2, 0) is 4.74 Å². The van der Waals surface area contributed by atoms with E-state index in [1.54, 1.807) is 13.2 Å². The van der Waals surface area contributed by atoms with Crippen LogP contribution in [0.25, 0.3) is 0 Å². The number of hydrogen-bond donors (Lipinski definition) is 0. The van der Waals surface area contributed by atoms with Crippen molar-refractivity contribution in [3.05, 3.63) is 91.0 Å². The average molecular weight is 431 g/mol. The van der Waals surface area contributed by atoms with E-state index in [4.69, 9.17) is 4.74 Å². The van der Waals surface area contributed by atoms with E-state index in [2.05, 4.69) is 105 Å². The van der Waals surface area contributed by atoms with Crippen LogP contribution >= 0.6 is 0 Å². The van der Waals surface area contributed by atoms with Gasteiger partial charge in [0.2, 0.25) is 0 Å². The maximum atomic E-state index is 6.01. The predicted octanol–water partition coefficient (Wildman–Crippen LogP) is 4.08. The van der Waals surface area contributed by atoms with Crippen LogP contribution in [0.5, 0.6) is 0 Å². The first-order chi connectivity index (χ1) is 13.7. The molecule has 2 heteroatoms. The van der Waals surface area contributed by atoms with Crippen molar-refractivity contribution >= 4 is 26.5 Å². The van der Waals surface area contributed by atoms with E-state index >= 15 is 0 Å². The first kappa shape index (κ1) is 19.5. The van der Waals surface area contributed by atoms with Gasteiger partial charge in [0.25, 0.3) is 0 Å². The Morgan fingerprint density at radius 2 is 1.14 bits per heavy atom. The first-order valence-electron chi connectivity index (χ1n) is 10.5. The fourth-order valence-electron chi connectivity index (χ4n) is 4.98. The molecule has 0 radical (unpaired) electrons. The number of rotatable bonds is 6. The van der Waals surface area contributed by atoms with Gasteiger partial charge in [-0.05, 0) is 0 Å². The Kier molecular flexibility index (Phi) is 6.03. The molecule has 3 aromatic carbocycles. The molecule has 0 aromatic heterocycles. The van der Waals surface area contributed by atoms with Gasteiger partial charge in [0.1, 0.15) is 0 Å². The third-order valence-electron chi connectivity index (χ3n) is 6.47. The van der Waals surface area contributed by atoms with E-state index in [0.717, 1.165) is 13.2 Å². The third-order valence-corrected chi connectivity index (χ3v) is 17.2. The number of benzene rings is 3. The Morgan fingerprint density at radius 3 is 1.54 bits per heavy atom. The van der Waals surface area contributed by atoms with Crippen LogP contribution < -0.4 is 13.2 Å². The summed E-state index contributed by atoms with van der Waals surface area (Å²) >= 11 is -2.85. The van der Waals surface area contributed by atoms with Gasteiger partial charge < -0.3 is 0 Å². The molecular formula is C26H30GeO. The van der Waals surface area contributed by atoms with Crippen molar-refractivity contribution in [2.75, 3.05) is 13.2 Å². The molecule has 0 saturated carbocycles. The fraction of sp³-hybridized carbons (Fsp3) is 0.308. The third kappa shape index (κ3) is 3.70. The molecule has 0 aliphatic carbocycles. The Labute approximate surface area is 172 Å². The Bertz CT molecular complexity index is 764. The topological polar surface area (TPSA) is 9.23 Å². The van der Waals surface area contributed by atoms with Gasteiger partial charge in [0.05, 0.1) is 0 Å². The SMILES string of the molecule is CC(C)[C@H]1COC[C@H]1[CH2][Ge]([c]1ccccc1)([c]1ccccc1)[c]1ccccc1. The van der Waals surface area contributed by atoms with Crippen LogP contribution in [0, 0.1) is 17.8 Å². The molecule has 4 rings (SSSR count). The first-order valence-corrected chi connectivity index (χ1v) is 15.1. The van der Waals surface area contributed by atoms with Crippen molar-refractivity contribution in [2.24, 2.45) is 17.8 Å². The van der Waals surface area contributed by atoms with Gasteiger partial charge in [-0.3, -0.25) is 0 Å². The summed E-state index contributed by atoms with van der Waals surface area (Å²) in [5, 5.41) is 1.25. The molecule has 1 heterocycles. The molecular weight excluding hydrogens is 401 g/mol. The second-order valence-corrected chi connectivity index (χ2v) is 16.7. The van der Waals surface area contributed by atoms with E-state index in [-0.39, 0.29) is 0 Å². The molecule has 0 N–H and O–H groups in total. The summed E-state index contributed by atoms with van der Waals surface area (Å²) in [6.45, 7) is 6.53. The molecule has 1 nitrogen and oxygen atoms in total. The summed E-state index contributed by atoms with van der Waals surface area (Å²) in [5.74, 6) is 1.94. The predicted molar refractivity (Wildman–Crippen MR) is 121 cm³/mol.